The first-order valence-electron chi connectivity index (χ1n) is 15.5. The minimum absolute atomic E-state index is 0. The molecule has 0 unspecified atom stereocenters. The average Bonchev–Trinajstić information content (AvgIpc) is 3.14. The summed E-state index contributed by atoms with van der Waals surface area (Å²) in [5.41, 5.74) is 3.50. The Balaban J connectivity index is 0.000000308. The third kappa shape index (κ3) is 8.08. The van der Waals surface area contributed by atoms with Crippen LogP contribution in [0.3, 0.4) is 0 Å². The molecule has 6 aromatic rings. The quantitative estimate of drug-likeness (QED) is 0.150. The van der Waals surface area contributed by atoms with Crippen molar-refractivity contribution in [1.82, 2.24) is 0 Å². The number of benzene rings is 6. The Morgan fingerprint density at radius 2 is 0.717 bits per heavy atom. The van der Waals surface area contributed by atoms with E-state index in [9.17, 15) is 27.4 Å². The van der Waals surface area contributed by atoms with Crippen molar-refractivity contribution >= 4 is 41.8 Å². The molecular weight excluding hydrogens is 786 g/mol. The molecule has 0 N–H and O–H groups in total. The summed E-state index contributed by atoms with van der Waals surface area (Å²) in [7, 11) is -8.79. The average molecular weight is 814 g/mol. The molecule has 0 aromatic heterocycles. The summed E-state index contributed by atoms with van der Waals surface area (Å²) in [5, 5.41) is 40.3. The van der Waals surface area contributed by atoms with E-state index >= 15 is 0 Å². The maximum atomic E-state index is 13.0. The minimum Gasteiger partial charge on any atom is -0.377 e. The zero-order chi connectivity index (χ0) is 37.8. The molecule has 0 fully saturated rings. The van der Waals surface area contributed by atoms with Crippen LogP contribution in [0.5, 0.6) is 11.5 Å². The van der Waals surface area contributed by atoms with E-state index in [1.807, 2.05) is 38.1 Å². The van der Waals surface area contributed by atoms with Gasteiger partial charge in [0, 0.05) is 43.5 Å². The molecule has 0 heterocycles. The van der Waals surface area contributed by atoms with Gasteiger partial charge in [0.1, 0.15) is 45.2 Å². The van der Waals surface area contributed by atoms with E-state index in [4.69, 9.17) is 18.9 Å². The molecule has 0 aliphatic carbocycles. The molecule has 0 spiro atoms. The first-order chi connectivity index (χ1) is 24.8. The summed E-state index contributed by atoms with van der Waals surface area (Å²) in [5.74, 6) is -0.796. The van der Waals surface area contributed by atoms with Crippen molar-refractivity contribution in [3.05, 3.63) is 142 Å². The molecule has 0 saturated heterocycles. The summed E-state index contributed by atoms with van der Waals surface area (Å²) < 4.78 is 62.8. The molecule has 0 amide bonds. The van der Waals surface area contributed by atoms with Crippen LogP contribution in [0.15, 0.2) is 107 Å². The third-order valence-corrected chi connectivity index (χ3v) is 10.8. The van der Waals surface area contributed by atoms with Crippen molar-refractivity contribution < 1.29 is 57.9 Å². The van der Waals surface area contributed by atoms with E-state index in [0.717, 1.165) is 33.0 Å². The second-order valence-electron chi connectivity index (χ2n) is 11.6. The zero-order valence-electron chi connectivity index (χ0n) is 28.9. The number of rotatable bonds is 6. The fraction of sp³-hybridized carbons (Fsp3) is 0.100. The molecule has 1 radical (unpaired) electrons. The van der Waals surface area contributed by atoms with E-state index in [-0.39, 0.29) is 53.3 Å². The Kier molecular flexibility index (Phi) is 12.4. The van der Waals surface area contributed by atoms with Gasteiger partial charge in [0.05, 0.1) is 11.1 Å². The molecule has 10 nitrogen and oxygen atoms in total. The summed E-state index contributed by atoms with van der Waals surface area (Å²) in [6, 6.07) is 33.5. The Morgan fingerprint density at radius 3 is 1.00 bits per heavy atom. The van der Waals surface area contributed by atoms with Crippen LogP contribution in [0.25, 0.3) is 21.5 Å². The predicted molar refractivity (Wildman–Crippen MR) is 194 cm³/mol. The normalized spacial score (nSPS) is 10.7. The van der Waals surface area contributed by atoms with E-state index in [1.165, 1.54) is 36.4 Å². The first-order valence-corrected chi connectivity index (χ1v) is 18.3. The van der Waals surface area contributed by atoms with Crippen LogP contribution in [0.1, 0.15) is 44.5 Å². The SMILES string of the molecule is Cc1c(C#N)c(C#N)c(C)c2ccccc12.Cc1ccc(S(=O)(=O)Oc2c(C#N)c(C#N)c(OS(=O)(=O)c3ccc(C)cc3)c3ccccc23)cc1.[Y]. The molecule has 0 aliphatic heterocycles. The Morgan fingerprint density at radius 1 is 0.434 bits per heavy atom. The van der Waals surface area contributed by atoms with Gasteiger partial charge in [-0.3, -0.25) is 0 Å². The van der Waals surface area contributed by atoms with Gasteiger partial charge >= 0.3 is 20.2 Å². The zero-order valence-corrected chi connectivity index (χ0v) is 33.3. The van der Waals surface area contributed by atoms with Crippen LogP contribution in [0, 0.1) is 73.0 Å². The van der Waals surface area contributed by atoms with Crippen LogP contribution < -0.4 is 8.37 Å². The standard InChI is InChI=1S/C26H18N2O6S2.C14H10N2.Y/c1-17-7-11-19(12-8-17)35(29,30)33-25-21-5-3-4-6-22(21)26(24(16-28)23(25)15-27)34-36(31,32)20-13-9-18(2)10-14-20;1-9-11-5-3-4-6-12(11)10(2)14(8-16)13(9)7-15;/h3-14H,1-2H3;3-6H,1-2H3;. The van der Waals surface area contributed by atoms with Crippen molar-refractivity contribution in [2.24, 2.45) is 0 Å². The molecule has 6 rings (SSSR count). The van der Waals surface area contributed by atoms with E-state index in [1.54, 1.807) is 62.4 Å². The van der Waals surface area contributed by atoms with Crippen molar-refractivity contribution in [1.29, 1.82) is 21.0 Å². The Bertz CT molecular complexity index is 2600. The van der Waals surface area contributed by atoms with Gasteiger partial charge in [-0.05, 0) is 73.9 Å². The van der Waals surface area contributed by atoms with Crippen molar-refractivity contribution in [3.63, 3.8) is 0 Å². The van der Waals surface area contributed by atoms with E-state index < -0.39 is 42.9 Å². The third-order valence-electron chi connectivity index (χ3n) is 8.31. The van der Waals surface area contributed by atoms with E-state index in [2.05, 4.69) is 12.1 Å². The number of aryl methyl sites for hydroxylation is 4. The Hall–Kier alpha value is -5.60. The minimum atomic E-state index is -4.39. The largest absolute Gasteiger partial charge is 0.377 e. The van der Waals surface area contributed by atoms with Crippen LogP contribution >= 0.6 is 0 Å². The number of nitriles is 4. The first kappa shape index (κ1) is 40.2. The molecular formula is C40H28N4O6S2Y. The van der Waals surface area contributed by atoms with Crippen molar-refractivity contribution in [2.45, 2.75) is 37.5 Å². The smallest absolute Gasteiger partial charge is 0.339 e. The van der Waals surface area contributed by atoms with Gasteiger partial charge in [0.25, 0.3) is 0 Å². The summed E-state index contributed by atoms with van der Waals surface area (Å²) in [6.45, 7) is 7.37. The maximum Gasteiger partial charge on any atom is 0.339 e. The second kappa shape index (κ2) is 16.4. The van der Waals surface area contributed by atoms with Gasteiger partial charge in [0.15, 0.2) is 11.5 Å². The second-order valence-corrected chi connectivity index (χ2v) is 14.7. The van der Waals surface area contributed by atoms with Gasteiger partial charge in [0.2, 0.25) is 0 Å². The topological polar surface area (TPSA) is 182 Å². The van der Waals surface area contributed by atoms with Crippen molar-refractivity contribution in [3.8, 4) is 35.8 Å². The summed E-state index contributed by atoms with van der Waals surface area (Å²) in [6.07, 6.45) is 0. The molecule has 259 valence electrons. The van der Waals surface area contributed by atoms with Crippen LogP contribution in [-0.4, -0.2) is 16.8 Å². The van der Waals surface area contributed by atoms with E-state index in [0.29, 0.717) is 11.1 Å². The van der Waals surface area contributed by atoms with Crippen LogP contribution in [-0.2, 0) is 52.9 Å². The fourth-order valence-electron chi connectivity index (χ4n) is 5.55. The van der Waals surface area contributed by atoms with Crippen LogP contribution in [0.2, 0.25) is 0 Å². The summed E-state index contributed by atoms with van der Waals surface area (Å²) >= 11 is 0. The monoisotopic (exact) mass is 813 g/mol. The van der Waals surface area contributed by atoms with Gasteiger partial charge in [-0.1, -0.05) is 83.9 Å². The number of nitrogens with zero attached hydrogens (tertiary/aromatic N) is 4. The predicted octanol–water partition coefficient (Wildman–Crippen LogP) is 7.93. The van der Waals surface area contributed by atoms with Gasteiger partial charge < -0.3 is 8.37 Å². The molecule has 6 aromatic carbocycles. The Labute approximate surface area is 333 Å². The fourth-order valence-corrected chi connectivity index (χ4v) is 7.46. The van der Waals surface area contributed by atoms with Gasteiger partial charge in [-0.15, -0.1) is 0 Å². The molecule has 0 bridgehead atoms. The van der Waals surface area contributed by atoms with Crippen molar-refractivity contribution in [2.75, 3.05) is 0 Å². The molecule has 0 aliphatic rings. The maximum absolute atomic E-state index is 13.0. The molecule has 0 atom stereocenters. The summed E-state index contributed by atoms with van der Waals surface area (Å²) in [4.78, 5) is -0.302. The van der Waals surface area contributed by atoms with Gasteiger partial charge in [-0.2, -0.15) is 37.9 Å². The molecule has 53 heavy (non-hydrogen) atoms. The molecule has 0 saturated carbocycles. The number of fused-ring (bicyclic) bond motifs is 2. The number of hydrogen-bond donors (Lipinski definition) is 0. The van der Waals surface area contributed by atoms with Gasteiger partial charge in [-0.25, -0.2) is 0 Å². The number of hydrogen-bond acceptors (Lipinski definition) is 10. The molecule has 13 heteroatoms. The van der Waals surface area contributed by atoms with Crippen LogP contribution in [0.4, 0.5) is 0 Å².